The van der Waals surface area contributed by atoms with Gasteiger partial charge in [-0.3, -0.25) is 9.59 Å². The Morgan fingerprint density at radius 1 is 1.06 bits per heavy atom. The number of carboxylic acid groups (broad SMARTS) is 1. The van der Waals surface area contributed by atoms with E-state index in [2.05, 4.69) is 29.6 Å². The minimum Gasteiger partial charge on any atom is -0.480 e. The van der Waals surface area contributed by atoms with E-state index in [1.807, 2.05) is 31.2 Å². The minimum absolute atomic E-state index is 0.0682. The molecule has 2 aromatic rings. The average molecular weight is 465 g/mol. The summed E-state index contributed by atoms with van der Waals surface area (Å²) in [5.74, 6) is -1.12. The van der Waals surface area contributed by atoms with Crippen LogP contribution in [-0.4, -0.2) is 53.7 Å². The first-order valence-corrected chi connectivity index (χ1v) is 12.1. The van der Waals surface area contributed by atoms with Crippen molar-refractivity contribution in [2.75, 3.05) is 19.7 Å². The lowest BCUT2D eigenvalue weighted by atomic mass is 9.98. The summed E-state index contributed by atoms with van der Waals surface area (Å²) in [6.45, 7) is 2.23. The van der Waals surface area contributed by atoms with E-state index in [0.717, 1.165) is 47.9 Å². The number of ether oxygens (including phenoxy) is 1. The van der Waals surface area contributed by atoms with E-state index < -0.39 is 18.1 Å². The topological polar surface area (TPSA) is 95.9 Å². The highest BCUT2D eigenvalue weighted by atomic mass is 16.5. The van der Waals surface area contributed by atoms with Gasteiger partial charge in [-0.2, -0.15) is 0 Å². The van der Waals surface area contributed by atoms with Crippen molar-refractivity contribution in [3.05, 3.63) is 59.7 Å². The largest absolute Gasteiger partial charge is 0.480 e. The molecule has 1 saturated carbocycles. The first kappa shape index (κ1) is 23.8. The van der Waals surface area contributed by atoms with Crippen molar-refractivity contribution >= 4 is 18.0 Å². The zero-order valence-corrected chi connectivity index (χ0v) is 19.5. The first-order valence-electron chi connectivity index (χ1n) is 12.1. The molecule has 2 aliphatic rings. The van der Waals surface area contributed by atoms with Crippen molar-refractivity contribution < 1.29 is 24.2 Å². The molecule has 1 fully saturated rings. The van der Waals surface area contributed by atoms with E-state index in [-0.39, 0.29) is 25.0 Å². The second kappa shape index (κ2) is 10.7. The second-order valence-corrected chi connectivity index (χ2v) is 9.22. The fourth-order valence-electron chi connectivity index (χ4n) is 4.68. The number of carbonyl (C=O) groups is 3. The number of nitrogens with one attached hydrogen (secondary N) is 1. The predicted octanol–water partition coefficient (Wildman–Crippen LogP) is 4.41. The van der Waals surface area contributed by atoms with Crippen LogP contribution in [0.1, 0.15) is 56.1 Å². The van der Waals surface area contributed by atoms with E-state index in [1.54, 1.807) is 0 Å². The number of aliphatic carboxylic acids is 1. The summed E-state index contributed by atoms with van der Waals surface area (Å²) in [7, 11) is 0. The first-order chi connectivity index (χ1) is 16.5. The maximum Gasteiger partial charge on any atom is 0.407 e. The maximum absolute atomic E-state index is 13.2. The monoisotopic (exact) mass is 464 g/mol. The average Bonchev–Trinajstić information content (AvgIpc) is 3.59. The van der Waals surface area contributed by atoms with Gasteiger partial charge >= 0.3 is 12.1 Å². The molecule has 2 amide bonds. The summed E-state index contributed by atoms with van der Waals surface area (Å²) >= 11 is 0. The molecule has 0 unspecified atom stereocenters. The van der Waals surface area contributed by atoms with Gasteiger partial charge in [0.05, 0.1) is 0 Å². The Bertz CT molecular complexity index is 1000. The van der Waals surface area contributed by atoms with Crippen LogP contribution < -0.4 is 5.32 Å². The zero-order chi connectivity index (χ0) is 24.1. The molecular weight excluding hydrogens is 432 g/mol. The van der Waals surface area contributed by atoms with Gasteiger partial charge in [0.2, 0.25) is 5.91 Å². The summed E-state index contributed by atoms with van der Waals surface area (Å²) in [5, 5.41) is 12.0. The third-order valence-electron chi connectivity index (χ3n) is 6.59. The fraction of sp³-hybridized carbons (Fsp3) is 0.444. The van der Waals surface area contributed by atoms with Crippen LogP contribution in [0.5, 0.6) is 0 Å². The maximum atomic E-state index is 13.2. The third kappa shape index (κ3) is 5.58. The number of rotatable bonds is 11. The van der Waals surface area contributed by atoms with Gasteiger partial charge < -0.3 is 20.1 Å². The van der Waals surface area contributed by atoms with Crippen molar-refractivity contribution in [2.24, 2.45) is 5.92 Å². The number of benzene rings is 2. The molecule has 7 heteroatoms. The molecule has 1 atom stereocenters. The Morgan fingerprint density at radius 2 is 1.68 bits per heavy atom. The molecule has 0 spiro atoms. The van der Waals surface area contributed by atoms with Crippen LogP contribution >= 0.6 is 0 Å². The lowest BCUT2D eigenvalue weighted by molar-refractivity contribution is -0.145. The van der Waals surface area contributed by atoms with Gasteiger partial charge in [0.25, 0.3) is 0 Å². The molecule has 0 aliphatic heterocycles. The Morgan fingerprint density at radius 3 is 2.24 bits per heavy atom. The Kier molecular flexibility index (Phi) is 7.50. The van der Waals surface area contributed by atoms with Crippen LogP contribution in [0, 0.1) is 5.92 Å². The number of amides is 2. The molecule has 34 heavy (non-hydrogen) atoms. The molecule has 7 nitrogen and oxygen atoms in total. The molecule has 180 valence electrons. The summed E-state index contributed by atoms with van der Waals surface area (Å²) < 4.78 is 5.62. The Hall–Kier alpha value is -3.35. The number of carbonyl (C=O) groups excluding carboxylic acids is 2. The number of fused-ring (bicyclic) bond motifs is 3. The van der Waals surface area contributed by atoms with Crippen LogP contribution in [0.3, 0.4) is 0 Å². The number of hydrogen-bond donors (Lipinski definition) is 2. The quantitative estimate of drug-likeness (QED) is 0.514. The highest BCUT2D eigenvalue weighted by Crippen LogP contribution is 2.44. The summed E-state index contributed by atoms with van der Waals surface area (Å²) in [4.78, 5) is 38.6. The molecule has 2 N–H and O–H groups in total. The molecule has 4 rings (SSSR count). The van der Waals surface area contributed by atoms with Gasteiger partial charge in [-0.15, -0.1) is 0 Å². The predicted molar refractivity (Wildman–Crippen MR) is 128 cm³/mol. The molecule has 2 aromatic carbocycles. The van der Waals surface area contributed by atoms with Crippen molar-refractivity contribution in [1.29, 1.82) is 0 Å². The lowest BCUT2D eigenvalue weighted by Crippen LogP contribution is -2.50. The van der Waals surface area contributed by atoms with Crippen molar-refractivity contribution in [1.82, 2.24) is 10.2 Å². The van der Waals surface area contributed by atoms with Crippen LogP contribution in [0.4, 0.5) is 4.79 Å². The normalized spacial score (nSPS) is 15.2. The van der Waals surface area contributed by atoms with Gasteiger partial charge in [-0.25, -0.2) is 4.79 Å². The van der Waals surface area contributed by atoms with Crippen LogP contribution in [0.2, 0.25) is 0 Å². The van der Waals surface area contributed by atoms with E-state index in [9.17, 15) is 19.5 Å². The number of nitrogens with zero attached hydrogens (tertiary/aromatic N) is 1. The molecule has 0 aromatic heterocycles. The highest BCUT2D eigenvalue weighted by molar-refractivity contribution is 5.88. The van der Waals surface area contributed by atoms with Crippen molar-refractivity contribution in [3.8, 4) is 11.1 Å². The van der Waals surface area contributed by atoms with Crippen molar-refractivity contribution in [3.63, 3.8) is 0 Å². The smallest absolute Gasteiger partial charge is 0.407 e. The second-order valence-electron chi connectivity index (χ2n) is 9.22. The lowest BCUT2D eigenvalue weighted by Gasteiger charge is -2.27. The van der Waals surface area contributed by atoms with Gasteiger partial charge in [0.15, 0.2) is 0 Å². The molecular formula is C27H32N2O5. The zero-order valence-electron chi connectivity index (χ0n) is 19.5. The summed E-state index contributed by atoms with van der Waals surface area (Å²) in [6.07, 6.45) is 3.40. The molecule has 0 radical (unpaired) electrons. The minimum atomic E-state index is -1.05. The van der Waals surface area contributed by atoms with Gasteiger partial charge in [0, 0.05) is 12.5 Å². The Labute approximate surface area is 200 Å². The molecule has 0 saturated heterocycles. The molecule has 0 heterocycles. The van der Waals surface area contributed by atoms with Crippen LogP contribution in [-0.2, 0) is 14.3 Å². The third-order valence-corrected chi connectivity index (χ3v) is 6.59. The number of alkyl carbamates (subject to hydrolysis) is 1. The standard InChI is InChI=1S/C27H32N2O5/c1-2-3-12-24(26(32)29(16-25(30)31)15-18-13-14-18)28-27(33)34-17-23-21-10-6-4-8-19(21)20-9-5-7-11-22(20)23/h4-11,18,23-24H,2-3,12-17H2,1H3,(H,28,33)(H,30,31)/t24-/m0/s1. The Balaban J connectivity index is 1.42. The fourth-order valence-corrected chi connectivity index (χ4v) is 4.68. The highest BCUT2D eigenvalue weighted by Gasteiger charge is 2.33. The van der Waals surface area contributed by atoms with E-state index in [4.69, 9.17) is 4.74 Å². The van der Waals surface area contributed by atoms with Gasteiger partial charge in [-0.05, 0) is 47.4 Å². The van der Waals surface area contributed by atoms with Gasteiger partial charge in [-0.1, -0.05) is 68.3 Å². The van der Waals surface area contributed by atoms with Gasteiger partial charge in [0.1, 0.15) is 19.2 Å². The summed E-state index contributed by atoms with van der Waals surface area (Å²) in [5.41, 5.74) is 4.53. The van der Waals surface area contributed by atoms with Crippen LogP contribution in [0.15, 0.2) is 48.5 Å². The van der Waals surface area contributed by atoms with E-state index in [0.29, 0.717) is 18.9 Å². The summed E-state index contributed by atoms with van der Waals surface area (Å²) in [6, 6.07) is 15.4. The van der Waals surface area contributed by atoms with E-state index in [1.165, 1.54) is 4.90 Å². The SMILES string of the molecule is CCCC[C@H](NC(=O)OCC1c2ccccc2-c2ccccc21)C(=O)N(CC(=O)O)CC1CC1. The molecule has 0 bridgehead atoms. The molecule has 2 aliphatic carbocycles. The van der Waals surface area contributed by atoms with Crippen LogP contribution in [0.25, 0.3) is 11.1 Å². The number of unbranched alkanes of at least 4 members (excludes halogenated alkanes) is 1. The number of carboxylic acids is 1. The van der Waals surface area contributed by atoms with E-state index >= 15 is 0 Å². The van der Waals surface area contributed by atoms with Crippen molar-refractivity contribution in [2.45, 2.75) is 51.0 Å². The number of hydrogen-bond acceptors (Lipinski definition) is 4.